The SMILES string of the molecule is COC(=O)c1ccnc(Oc2ccc(NC(C#N)=C(C#N)C#N)cc2)c1. The lowest BCUT2D eigenvalue weighted by Crippen LogP contribution is -2.02. The number of rotatable bonds is 5. The minimum absolute atomic E-state index is 0.142. The summed E-state index contributed by atoms with van der Waals surface area (Å²) in [6.07, 6.45) is 1.42. The molecule has 0 bridgehead atoms. The van der Waals surface area contributed by atoms with Gasteiger partial charge < -0.3 is 14.8 Å². The fraction of sp³-hybridized carbons (Fsp3) is 0.0556. The number of anilines is 1. The molecule has 0 fully saturated rings. The Morgan fingerprint density at radius 1 is 1.08 bits per heavy atom. The van der Waals surface area contributed by atoms with Gasteiger partial charge in [-0.05, 0) is 30.3 Å². The quantitative estimate of drug-likeness (QED) is 0.646. The van der Waals surface area contributed by atoms with Gasteiger partial charge in [-0.25, -0.2) is 9.78 Å². The van der Waals surface area contributed by atoms with Gasteiger partial charge in [-0.2, -0.15) is 15.8 Å². The first-order valence-corrected chi connectivity index (χ1v) is 7.15. The summed E-state index contributed by atoms with van der Waals surface area (Å²) in [4.78, 5) is 15.5. The van der Waals surface area contributed by atoms with Crippen LogP contribution in [0, 0.1) is 34.0 Å². The number of esters is 1. The van der Waals surface area contributed by atoms with E-state index in [1.54, 1.807) is 42.5 Å². The number of nitrogens with zero attached hydrogens (tertiary/aromatic N) is 4. The molecule has 1 aromatic heterocycles. The van der Waals surface area contributed by atoms with Crippen LogP contribution in [-0.4, -0.2) is 18.1 Å². The first kappa shape index (κ1) is 18.0. The molecule has 8 heteroatoms. The van der Waals surface area contributed by atoms with Crippen molar-refractivity contribution < 1.29 is 14.3 Å². The lowest BCUT2D eigenvalue weighted by Gasteiger charge is -2.08. The lowest BCUT2D eigenvalue weighted by atomic mass is 10.2. The van der Waals surface area contributed by atoms with Crippen LogP contribution in [-0.2, 0) is 4.74 Å². The van der Waals surface area contributed by atoms with Crippen molar-refractivity contribution in [2.45, 2.75) is 0 Å². The summed E-state index contributed by atoms with van der Waals surface area (Å²) < 4.78 is 10.2. The maximum atomic E-state index is 11.5. The molecule has 8 nitrogen and oxygen atoms in total. The Morgan fingerprint density at radius 3 is 2.35 bits per heavy atom. The van der Waals surface area contributed by atoms with Crippen LogP contribution in [0.4, 0.5) is 5.69 Å². The Bertz CT molecular complexity index is 960. The lowest BCUT2D eigenvalue weighted by molar-refractivity contribution is 0.0600. The molecule has 0 aliphatic heterocycles. The van der Waals surface area contributed by atoms with Gasteiger partial charge in [-0.3, -0.25) is 0 Å². The molecule has 1 aromatic carbocycles. The molecule has 0 radical (unpaired) electrons. The van der Waals surface area contributed by atoms with Gasteiger partial charge in [0.05, 0.1) is 12.7 Å². The van der Waals surface area contributed by atoms with E-state index in [9.17, 15) is 4.79 Å². The summed E-state index contributed by atoms with van der Waals surface area (Å²) >= 11 is 0. The number of allylic oxidation sites excluding steroid dienone is 2. The van der Waals surface area contributed by atoms with Crippen LogP contribution in [0.1, 0.15) is 10.4 Å². The van der Waals surface area contributed by atoms with Gasteiger partial charge in [0.25, 0.3) is 0 Å². The number of ether oxygens (including phenoxy) is 2. The summed E-state index contributed by atoms with van der Waals surface area (Å²) in [7, 11) is 1.28. The van der Waals surface area contributed by atoms with E-state index in [0.717, 1.165) is 0 Å². The number of nitrogens with one attached hydrogen (secondary N) is 1. The number of carbonyl (C=O) groups is 1. The molecule has 0 unspecified atom stereocenters. The zero-order valence-corrected chi connectivity index (χ0v) is 13.6. The minimum Gasteiger partial charge on any atom is -0.465 e. The number of pyridine rings is 1. The Hall–Kier alpha value is -4.35. The van der Waals surface area contributed by atoms with Crippen molar-refractivity contribution in [1.82, 2.24) is 4.98 Å². The van der Waals surface area contributed by atoms with Gasteiger partial charge in [0.2, 0.25) is 5.88 Å². The summed E-state index contributed by atoms with van der Waals surface area (Å²) in [6.45, 7) is 0. The third kappa shape index (κ3) is 4.35. The first-order valence-electron chi connectivity index (χ1n) is 7.15. The average Bonchev–Trinajstić information content (AvgIpc) is 2.69. The molecule has 0 atom stereocenters. The molecule has 2 aromatic rings. The molecule has 0 aliphatic carbocycles. The predicted octanol–water partition coefficient (Wildman–Crippen LogP) is 2.90. The highest BCUT2D eigenvalue weighted by atomic mass is 16.5. The van der Waals surface area contributed by atoms with Crippen molar-refractivity contribution in [3.8, 4) is 29.8 Å². The molecule has 0 spiro atoms. The summed E-state index contributed by atoms with van der Waals surface area (Å²) in [6, 6.07) is 14.4. The zero-order valence-electron chi connectivity index (χ0n) is 13.6. The molecular formula is C18H11N5O3. The molecule has 0 amide bonds. The maximum absolute atomic E-state index is 11.5. The molecule has 2 rings (SSSR count). The molecule has 26 heavy (non-hydrogen) atoms. The Balaban J connectivity index is 2.15. The number of nitriles is 3. The first-order chi connectivity index (χ1) is 12.6. The normalized spacial score (nSPS) is 9.00. The second-order valence-electron chi connectivity index (χ2n) is 4.71. The second-order valence-corrected chi connectivity index (χ2v) is 4.71. The molecule has 0 saturated heterocycles. The smallest absolute Gasteiger partial charge is 0.338 e. The van der Waals surface area contributed by atoms with Crippen LogP contribution in [0.3, 0.4) is 0 Å². The predicted molar refractivity (Wildman–Crippen MR) is 89.6 cm³/mol. The van der Waals surface area contributed by atoms with E-state index in [-0.39, 0.29) is 17.2 Å². The van der Waals surface area contributed by atoms with E-state index in [2.05, 4.69) is 15.0 Å². The van der Waals surface area contributed by atoms with Gasteiger partial charge in [0.1, 0.15) is 29.7 Å². The largest absolute Gasteiger partial charge is 0.465 e. The van der Waals surface area contributed by atoms with E-state index in [4.69, 9.17) is 20.5 Å². The van der Waals surface area contributed by atoms with Crippen molar-refractivity contribution in [2.75, 3.05) is 12.4 Å². The van der Waals surface area contributed by atoms with Gasteiger partial charge in [-0.1, -0.05) is 0 Å². The van der Waals surface area contributed by atoms with Crippen molar-refractivity contribution in [3.63, 3.8) is 0 Å². The van der Waals surface area contributed by atoms with Crippen LogP contribution in [0.5, 0.6) is 11.6 Å². The highest BCUT2D eigenvalue weighted by Crippen LogP contribution is 2.23. The molecule has 0 aliphatic rings. The summed E-state index contributed by atoms with van der Waals surface area (Å²) in [5, 5.41) is 29.3. The van der Waals surface area contributed by atoms with Crippen molar-refractivity contribution in [1.29, 1.82) is 15.8 Å². The average molecular weight is 345 g/mol. The number of hydrogen-bond donors (Lipinski definition) is 1. The van der Waals surface area contributed by atoms with E-state index in [1.807, 2.05) is 0 Å². The molecule has 1 N–H and O–H groups in total. The highest BCUT2D eigenvalue weighted by molar-refractivity contribution is 5.89. The van der Waals surface area contributed by atoms with Crippen LogP contribution in [0.2, 0.25) is 0 Å². The van der Waals surface area contributed by atoms with Gasteiger partial charge in [0, 0.05) is 18.0 Å². The Morgan fingerprint density at radius 2 is 1.77 bits per heavy atom. The summed E-state index contributed by atoms with van der Waals surface area (Å²) in [5.41, 5.74) is 0.348. The minimum atomic E-state index is -0.501. The van der Waals surface area contributed by atoms with Gasteiger partial charge in [0.15, 0.2) is 5.57 Å². The maximum Gasteiger partial charge on any atom is 0.338 e. The number of aromatic nitrogens is 1. The van der Waals surface area contributed by atoms with Crippen molar-refractivity contribution >= 4 is 11.7 Å². The third-order valence-corrected chi connectivity index (χ3v) is 3.09. The highest BCUT2D eigenvalue weighted by Gasteiger charge is 2.09. The van der Waals surface area contributed by atoms with E-state index >= 15 is 0 Å². The monoisotopic (exact) mass is 345 g/mol. The van der Waals surface area contributed by atoms with Crippen molar-refractivity contribution in [2.24, 2.45) is 0 Å². The molecule has 1 heterocycles. The van der Waals surface area contributed by atoms with E-state index in [1.165, 1.54) is 25.4 Å². The number of carbonyl (C=O) groups excluding carboxylic acids is 1. The van der Waals surface area contributed by atoms with Crippen LogP contribution >= 0.6 is 0 Å². The Kier molecular flexibility index (Phi) is 5.87. The van der Waals surface area contributed by atoms with Gasteiger partial charge >= 0.3 is 5.97 Å². The van der Waals surface area contributed by atoms with Crippen LogP contribution in [0.25, 0.3) is 0 Å². The fourth-order valence-corrected chi connectivity index (χ4v) is 1.86. The third-order valence-electron chi connectivity index (χ3n) is 3.09. The fourth-order valence-electron chi connectivity index (χ4n) is 1.86. The molecule has 126 valence electrons. The number of hydrogen-bond acceptors (Lipinski definition) is 8. The number of methoxy groups -OCH3 is 1. The van der Waals surface area contributed by atoms with Crippen LogP contribution in [0.15, 0.2) is 53.9 Å². The van der Waals surface area contributed by atoms with Crippen LogP contribution < -0.4 is 10.1 Å². The molecule has 0 saturated carbocycles. The Labute approximate surface area is 149 Å². The summed E-state index contributed by atoms with van der Waals surface area (Å²) in [5.74, 6) is 0.147. The number of benzene rings is 1. The van der Waals surface area contributed by atoms with Gasteiger partial charge in [-0.15, -0.1) is 0 Å². The second kappa shape index (κ2) is 8.49. The zero-order chi connectivity index (χ0) is 18.9. The molecular weight excluding hydrogens is 334 g/mol. The standard InChI is InChI=1S/C18H11N5O3/c1-25-18(24)12-6-7-22-17(8-12)26-15-4-2-14(3-5-15)23-16(11-21)13(9-19)10-20/h2-8,23H,1H3. The topological polar surface area (TPSA) is 132 Å². The van der Waals surface area contributed by atoms with Crippen molar-refractivity contribution in [3.05, 3.63) is 59.4 Å². The van der Waals surface area contributed by atoms with E-state index in [0.29, 0.717) is 17.0 Å². The van der Waals surface area contributed by atoms with E-state index < -0.39 is 5.97 Å².